The molecule has 1 aromatic rings. The highest BCUT2D eigenvalue weighted by molar-refractivity contribution is 5.99. The van der Waals surface area contributed by atoms with E-state index < -0.39 is 5.41 Å². The molecule has 1 saturated heterocycles. The molecule has 2 rings (SSSR count). The molecule has 0 aliphatic carbocycles. The van der Waals surface area contributed by atoms with Gasteiger partial charge in [0.15, 0.2) is 0 Å². The lowest BCUT2D eigenvalue weighted by molar-refractivity contribution is -0.125. The molecule has 1 heterocycles. The molecule has 1 fully saturated rings. The van der Waals surface area contributed by atoms with E-state index in [0.717, 1.165) is 0 Å². The maximum atomic E-state index is 12.4. The van der Waals surface area contributed by atoms with E-state index in [1.165, 1.54) is 0 Å². The molecule has 4 N–H and O–H groups in total. The van der Waals surface area contributed by atoms with Crippen LogP contribution in [0.3, 0.4) is 0 Å². The summed E-state index contributed by atoms with van der Waals surface area (Å²) in [6.45, 7) is 4.87. The zero-order chi connectivity index (χ0) is 15.5. The molecule has 6 heteroatoms. The third-order valence-electron chi connectivity index (χ3n) is 3.76. The molecular formula is C15H21N3O3. The number of hydrogen-bond acceptors (Lipinski definition) is 4. The topological polar surface area (TPSA) is 93.5 Å². The van der Waals surface area contributed by atoms with Crippen LogP contribution in [0, 0.1) is 5.41 Å². The van der Waals surface area contributed by atoms with Crippen LogP contribution in [0.25, 0.3) is 0 Å². The van der Waals surface area contributed by atoms with Crippen LogP contribution in [-0.4, -0.2) is 37.6 Å². The Balaban J connectivity index is 2.11. The van der Waals surface area contributed by atoms with Crippen molar-refractivity contribution in [2.24, 2.45) is 11.1 Å². The summed E-state index contributed by atoms with van der Waals surface area (Å²) in [5.74, 6) is -0.360. The van der Waals surface area contributed by atoms with Gasteiger partial charge in [-0.2, -0.15) is 0 Å². The zero-order valence-corrected chi connectivity index (χ0v) is 12.3. The predicted molar refractivity (Wildman–Crippen MR) is 80.0 cm³/mol. The molecular weight excluding hydrogens is 270 g/mol. The fourth-order valence-corrected chi connectivity index (χ4v) is 2.20. The van der Waals surface area contributed by atoms with Gasteiger partial charge >= 0.3 is 0 Å². The van der Waals surface area contributed by atoms with Gasteiger partial charge in [0.2, 0.25) is 5.91 Å². The predicted octanol–water partition coefficient (Wildman–Crippen LogP) is 0.739. The van der Waals surface area contributed by atoms with Crippen molar-refractivity contribution >= 4 is 17.5 Å². The lowest BCUT2D eigenvalue weighted by Gasteiger charge is -2.25. The van der Waals surface area contributed by atoms with E-state index in [4.69, 9.17) is 10.5 Å². The Morgan fingerprint density at radius 2 is 2.24 bits per heavy atom. The molecule has 0 aromatic heterocycles. The van der Waals surface area contributed by atoms with E-state index in [9.17, 15) is 9.59 Å². The van der Waals surface area contributed by atoms with Gasteiger partial charge in [0, 0.05) is 23.8 Å². The molecule has 2 amide bonds. The second-order valence-corrected chi connectivity index (χ2v) is 5.43. The highest BCUT2D eigenvalue weighted by Crippen LogP contribution is 2.28. The van der Waals surface area contributed by atoms with Crippen molar-refractivity contribution in [3.8, 4) is 0 Å². The van der Waals surface area contributed by atoms with Gasteiger partial charge in [-0.1, -0.05) is 6.07 Å². The standard InChI is InChI=1S/C15H21N3O3/c1-3-17-13(19)10-5-4-6-11(7-10)18-14(20)15(2)9-21-8-12(15)16/h4-7,12H,3,8-9,16H2,1-2H3,(H,17,19)(H,18,20). The maximum absolute atomic E-state index is 12.4. The van der Waals surface area contributed by atoms with Crippen LogP contribution in [0.1, 0.15) is 24.2 Å². The van der Waals surface area contributed by atoms with Crippen molar-refractivity contribution in [2.45, 2.75) is 19.9 Å². The molecule has 1 aromatic carbocycles. The number of nitrogens with two attached hydrogens (primary N) is 1. The Labute approximate surface area is 124 Å². The number of carbonyl (C=O) groups excluding carboxylic acids is 2. The van der Waals surface area contributed by atoms with E-state index in [2.05, 4.69) is 10.6 Å². The molecule has 1 aliphatic heterocycles. The highest BCUT2D eigenvalue weighted by atomic mass is 16.5. The zero-order valence-electron chi connectivity index (χ0n) is 12.3. The number of rotatable bonds is 4. The van der Waals surface area contributed by atoms with Crippen molar-refractivity contribution in [2.75, 3.05) is 25.1 Å². The molecule has 1 aliphatic rings. The molecule has 0 radical (unpaired) electrons. The number of amides is 2. The quantitative estimate of drug-likeness (QED) is 0.762. The SMILES string of the molecule is CCNC(=O)c1cccc(NC(=O)C2(C)COCC2N)c1. The van der Waals surface area contributed by atoms with Gasteiger partial charge in [-0.3, -0.25) is 9.59 Å². The summed E-state index contributed by atoms with van der Waals surface area (Å²) < 4.78 is 5.28. The fourth-order valence-electron chi connectivity index (χ4n) is 2.20. The van der Waals surface area contributed by atoms with Crippen molar-refractivity contribution in [3.05, 3.63) is 29.8 Å². The lowest BCUT2D eigenvalue weighted by atomic mass is 9.85. The Morgan fingerprint density at radius 3 is 2.86 bits per heavy atom. The minimum atomic E-state index is -0.748. The van der Waals surface area contributed by atoms with E-state index in [1.54, 1.807) is 31.2 Å². The number of hydrogen-bond donors (Lipinski definition) is 3. The molecule has 21 heavy (non-hydrogen) atoms. The van der Waals surface area contributed by atoms with Gasteiger partial charge in [0.25, 0.3) is 5.91 Å². The van der Waals surface area contributed by atoms with Crippen LogP contribution >= 0.6 is 0 Å². The lowest BCUT2D eigenvalue weighted by Crippen LogP contribution is -2.47. The van der Waals surface area contributed by atoms with Crippen LogP contribution in [0.15, 0.2) is 24.3 Å². The van der Waals surface area contributed by atoms with Crippen LogP contribution in [0.2, 0.25) is 0 Å². The summed E-state index contributed by atoms with van der Waals surface area (Å²) >= 11 is 0. The molecule has 114 valence electrons. The van der Waals surface area contributed by atoms with Gasteiger partial charge in [0.05, 0.1) is 18.6 Å². The number of ether oxygens (including phenoxy) is 1. The highest BCUT2D eigenvalue weighted by Gasteiger charge is 2.44. The average molecular weight is 291 g/mol. The number of benzene rings is 1. The van der Waals surface area contributed by atoms with Crippen molar-refractivity contribution in [3.63, 3.8) is 0 Å². The third kappa shape index (κ3) is 3.22. The summed E-state index contributed by atoms with van der Waals surface area (Å²) in [4.78, 5) is 24.2. The minimum Gasteiger partial charge on any atom is -0.379 e. The summed E-state index contributed by atoms with van der Waals surface area (Å²) in [6.07, 6.45) is 0. The van der Waals surface area contributed by atoms with Crippen molar-refractivity contribution < 1.29 is 14.3 Å². The summed E-state index contributed by atoms with van der Waals surface area (Å²) in [5, 5.41) is 5.53. The molecule has 0 saturated carbocycles. The van der Waals surface area contributed by atoms with Gasteiger partial charge in [0.1, 0.15) is 0 Å². The molecule has 0 spiro atoms. The van der Waals surface area contributed by atoms with Crippen molar-refractivity contribution in [1.82, 2.24) is 5.32 Å². The fraction of sp³-hybridized carbons (Fsp3) is 0.467. The van der Waals surface area contributed by atoms with Gasteiger partial charge in [-0.15, -0.1) is 0 Å². The summed E-state index contributed by atoms with van der Waals surface area (Å²) in [6, 6.07) is 6.49. The van der Waals surface area contributed by atoms with E-state index in [1.807, 2.05) is 6.92 Å². The van der Waals surface area contributed by atoms with Crippen LogP contribution in [-0.2, 0) is 9.53 Å². The summed E-state index contributed by atoms with van der Waals surface area (Å²) in [7, 11) is 0. The van der Waals surface area contributed by atoms with E-state index in [0.29, 0.717) is 31.0 Å². The normalized spacial score (nSPS) is 24.6. The summed E-state index contributed by atoms with van der Waals surface area (Å²) in [5.41, 5.74) is 6.27. The second kappa shape index (κ2) is 6.24. The number of carbonyl (C=O) groups is 2. The van der Waals surface area contributed by atoms with E-state index >= 15 is 0 Å². The Hall–Kier alpha value is -1.92. The maximum Gasteiger partial charge on any atom is 0.251 e. The van der Waals surface area contributed by atoms with Gasteiger partial charge < -0.3 is 21.1 Å². The van der Waals surface area contributed by atoms with Crippen LogP contribution in [0.5, 0.6) is 0 Å². The first kappa shape index (κ1) is 15.5. The monoisotopic (exact) mass is 291 g/mol. The van der Waals surface area contributed by atoms with Crippen molar-refractivity contribution in [1.29, 1.82) is 0 Å². The average Bonchev–Trinajstić information content (AvgIpc) is 2.80. The Kier molecular flexibility index (Phi) is 4.59. The van der Waals surface area contributed by atoms with Gasteiger partial charge in [-0.25, -0.2) is 0 Å². The third-order valence-corrected chi connectivity index (χ3v) is 3.76. The van der Waals surface area contributed by atoms with Crippen LogP contribution < -0.4 is 16.4 Å². The first-order valence-corrected chi connectivity index (χ1v) is 7.00. The molecule has 6 nitrogen and oxygen atoms in total. The number of nitrogens with one attached hydrogen (secondary N) is 2. The minimum absolute atomic E-state index is 0.166. The molecule has 2 unspecified atom stereocenters. The smallest absolute Gasteiger partial charge is 0.251 e. The Bertz CT molecular complexity index is 547. The Morgan fingerprint density at radius 1 is 1.48 bits per heavy atom. The number of anilines is 1. The largest absolute Gasteiger partial charge is 0.379 e. The second-order valence-electron chi connectivity index (χ2n) is 5.43. The first-order valence-electron chi connectivity index (χ1n) is 7.00. The molecule has 2 atom stereocenters. The van der Waals surface area contributed by atoms with Gasteiger partial charge in [-0.05, 0) is 32.0 Å². The first-order chi connectivity index (χ1) is 9.97. The molecule has 0 bridgehead atoms. The van der Waals surface area contributed by atoms with E-state index in [-0.39, 0.29) is 17.9 Å². The van der Waals surface area contributed by atoms with Crippen LogP contribution in [0.4, 0.5) is 5.69 Å².